The first kappa shape index (κ1) is 10.1. The van der Waals surface area contributed by atoms with Gasteiger partial charge in [0.05, 0.1) is 5.25 Å². The molecule has 0 spiro atoms. The molecule has 0 radical (unpaired) electrons. The largest absolute Gasteiger partial charge is 0.217 e. The molecule has 0 amide bonds. The molecule has 2 saturated carbocycles. The summed E-state index contributed by atoms with van der Waals surface area (Å²) in [5.74, 6) is 0. The smallest absolute Gasteiger partial charge is 0.212 e. The molecule has 2 aliphatic carbocycles. The Kier molecular flexibility index (Phi) is 2.32. The van der Waals surface area contributed by atoms with Crippen molar-refractivity contribution in [3.63, 3.8) is 0 Å². The molecule has 0 aromatic carbocycles. The van der Waals surface area contributed by atoms with E-state index in [2.05, 4.69) is 0 Å². The van der Waals surface area contributed by atoms with Crippen LogP contribution in [0.5, 0.6) is 0 Å². The fourth-order valence-corrected chi connectivity index (χ4v) is 5.86. The number of hydrogen-bond donors (Lipinski definition) is 0. The second-order valence-corrected chi connectivity index (χ2v) is 7.32. The van der Waals surface area contributed by atoms with Crippen molar-refractivity contribution in [1.29, 1.82) is 0 Å². The quantitative estimate of drug-likeness (QED) is 0.678. The highest BCUT2D eigenvalue weighted by molar-refractivity contribution is 7.90. The molecule has 1 aliphatic heterocycles. The highest BCUT2D eigenvalue weighted by atomic mass is 32.2. The maximum absolute atomic E-state index is 12.3. The second-order valence-electron chi connectivity index (χ2n) is 5.20. The summed E-state index contributed by atoms with van der Waals surface area (Å²) in [6.45, 7) is 0. The van der Waals surface area contributed by atoms with E-state index in [1.54, 1.807) is 0 Å². The van der Waals surface area contributed by atoms with Gasteiger partial charge in [-0.05, 0) is 25.7 Å². The van der Waals surface area contributed by atoms with Gasteiger partial charge in [-0.3, -0.25) is 0 Å². The summed E-state index contributed by atoms with van der Waals surface area (Å²) in [6, 6.07) is 0.786. The lowest BCUT2D eigenvalue weighted by Crippen LogP contribution is -2.27. The molecule has 1 heterocycles. The zero-order valence-electron chi connectivity index (χ0n) is 9.06. The third kappa shape index (κ3) is 1.53. The molecule has 86 valence electrons. The zero-order chi connectivity index (χ0) is 10.5. The van der Waals surface area contributed by atoms with Gasteiger partial charge >= 0.3 is 0 Å². The van der Waals surface area contributed by atoms with Crippen molar-refractivity contribution in [1.82, 2.24) is 4.31 Å². The Morgan fingerprint density at radius 1 is 0.800 bits per heavy atom. The van der Waals surface area contributed by atoms with Crippen LogP contribution in [0.4, 0.5) is 0 Å². The first-order valence-corrected chi connectivity index (χ1v) is 7.74. The third-order valence-corrected chi connectivity index (χ3v) is 6.72. The van der Waals surface area contributed by atoms with Crippen LogP contribution in [-0.2, 0) is 10.0 Å². The number of fused-ring (bicyclic) bond motifs is 1. The van der Waals surface area contributed by atoms with Crippen molar-refractivity contribution < 1.29 is 8.42 Å². The standard InChI is InChI=1S/C11H19NO2S/c13-15(14,9-5-1-2-6-9)12-10-7-3-4-8-11(10)12/h9-11H,1-8H2/t10-,11-/m0/s1. The molecule has 1 saturated heterocycles. The molecule has 15 heavy (non-hydrogen) atoms. The van der Waals surface area contributed by atoms with E-state index in [-0.39, 0.29) is 5.25 Å². The summed E-state index contributed by atoms with van der Waals surface area (Å²) in [5.41, 5.74) is 0. The normalized spacial score (nSPS) is 41.5. The van der Waals surface area contributed by atoms with Crippen molar-refractivity contribution in [2.24, 2.45) is 0 Å². The molecule has 3 fully saturated rings. The van der Waals surface area contributed by atoms with Crippen molar-refractivity contribution in [3.8, 4) is 0 Å². The van der Waals surface area contributed by atoms with E-state index in [9.17, 15) is 8.42 Å². The number of hydrogen-bond acceptors (Lipinski definition) is 2. The molecule has 0 unspecified atom stereocenters. The molecule has 2 atom stereocenters. The van der Waals surface area contributed by atoms with E-state index in [4.69, 9.17) is 0 Å². The van der Waals surface area contributed by atoms with Gasteiger partial charge in [0.1, 0.15) is 0 Å². The molecule has 0 N–H and O–H groups in total. The minimum Gasteiger partial charge on any atom is -0.212 e. The minimum atomic E-state index is -2.91. The van der Waals surface area contributed by atoms with Crippen molar-refractivity contribution in [3.05, 3.63) is 0 Å². The van der Waals surface area contributed by atoms with Crippen molar-refractivity contribution in [2.75, 3.05) is 0 Å². The van der Waals surface area contributed by atoms with Crippen LogP contribution in [0.15, 0.2) is 0 Å². The van der Waals surface area contributed by atoms with Gasteiger partial charge in [-0.25, -0.2) is 8.42 Å². The van der Waals surface area contributed by atoms with Gasteiger partial charge in [0.2, 0.25) is 10.0 Å². The van der Waals surface area contributed by atoms with Crippen LogP contribution in [0.1, 0.15) is 51.4 Å². The predicted octanol–water partition coefficient (Wildman–Crippen LogP) is 1.89. The van der Waals surface area contributed by atoms with Gasteiger partial charge in [0.25, 0.3) is 0 Å². The Morgan fingerprint density at radius 3 is 1.80 bits per heavy atom. The zero-order valence-corrected chi connectivity index (χ0v) is 9.88. The lowest BCUT2D eigenvalue weighted by molar-refractivity contribution is 0.528. The molecular weight excluding hydrogens is 210 g/mol. The van der Waals surface area contributed by atoms with Gasteiger partial charge in [-0.1, -0.05) is 25.7 Å². The van der Waals surface area contributed by atoms with E-state index in [1.165, 1.54) is 12.8 Å². The van der Waals surface area contributed by atoms with Crippen LogP contribution in [-0.4, -0.2) is 30.1 Å². The lowest BCUT2D eigenvalue weighted by Gasteiger charge is -2.12. The first-order valence-electron chi connectivity index (χ1n) is 6.23. The molecule has 3 aliphatic rings. The van der Waals surface area contributed by atoms with Crippen LogP contribution < -0.4 is 0 Å². The molecule has 3 rings (SSSR count). The summed E-state index contributed by atoms with van der Waals surface area (Å²) in [6.07, 6.45) is 8.67. The number of nitrogens with zero attached hydrogens (tertiary/aromatic N) is 1. The predicted molar refractivity (Wildman–Crippen MR) is 59.1 cm³/mol. The van der Waals surface area contributed by atoms with E-state index in [0.29, 0.717) is 12.1 Å². The van der Waals surface area contributed by atoms with Crippen molar-refractivity contribution in [2.45, 2.75) is 68.7 Å². The maximum atomic E-state index is 12.3. The number of sulfonamides is 1. The number of rotatable bonds is 2. The van der Waals surface area contributed by atoms with Crippen LogP contribution in [0, 0.1) is 0 Å². The molecule has 0 aromatic heterocycles. The van der Waals surface area contributed by atoms with E-state index >= 15 is 0 Å². The monoisotopic (exact) mass is 229 g/mol. The summed E-state index contributed by atoms with van der Waals surface area (Å²) >= 11 is 0. The van der Waals surface area contributed by atoms with Gasteiger partial charge in [-0.2, -0.15) is 4.31 Å². The first-order chi connectivity index (χ1) is 7.21. The summed E-state index contributed by atoms with van der Waals surface area (Å²) in [7, 11) is -2.91. The summed E-state index contributed by atoms with van der Waals surface area (Å²) in [5, 5.41) is -0.0388. The van der Waals surface area contributed by atoms with Gasteiger partial charge in [0, 0.05) is 12.1 Å². The van der Waals surface area contributed by atoms with Gasteiger partial charge in [0.15, 0.2) is 0 Å². The Balaban J connectivity index is 1.76. The van der Waals surface area contributed by atoms with Crippen molar-refractivity contribution >= 4 is 10.0 Å². The summed E-state index contributed by atoms with van der Waals surface area (Å²) in [4.78, 5) is 0. The fraction of sp³-hybridized carbons (Fsp3) is 1.00. The summed E-state index contributed by atoms with van der Waals surface area (Å²) < 4.78 is 26.4. The van der Waals surface area contributed by atoms with Crippen LogP contribution in [0.25, 0.3) is 0 Å². The average molecular weight is 229 g/mol. The Bertz CT molecular complexity index is 334. The van der Waals surface area contributed by atoms with Gasteiger partial charge in [-0.15, -0.1) is 0 Å². The van der Waals surface area contributed by atoms with E-state index < -0.39 is 10.0 Å². The minimum absolute atomic E-state index is 0.0388. The fourth-order valence-electron chi connectivity index (χ4n) is 3.39. The molecule has 3 nitrogen and oxygen atoms in total. The highest BCUT2D eigenvalue weighted by Gasteiger charge is 2.57. The maximum Gasteiger partial charge on any atom is 0.217 e. The second kappa shape index (κ2) is 3.45. The molecule has 0 aromatic rings. The molecule has 4 heteroatoms. The molecular formula is C11H19NO2S. The lowest BCUT2D eigenvalue weighted by atomic mass is 10.0. The Hall–Kier alpha value is -0.0900. The SMILES string of the molecule is O=S(=O)(C1CCCC1)N1[C@H]2CCCC[C@@H]21. The van der Waals surface area contributed by atoms with E-state index in [1.807, 2.05) is 4.31 Å². The van der Waals surface area contributed by atoms with Crippen LogP contribution in [0.2, 0.25) is 0 Å². The van der Waals surface area contributed by atoms with Gasteiger partial charge < -0.3 is 0 Å². The van der Waals surface area contributed by atoms with Crippen LogP contribution >= 0.6 is 0 Å². The van der Waals surface area contributed by atoms with E-state index in [0.717, 1.165) is 38.5 Å². The Morgan fingerprint density at radius 2 is 1.27 bits per heavy atom. The van der Waals surface area contributed by atoms with Crippen LogP contribution in [0.3, 0.4) is 0 Å². The average Bonchev–Trinajstić information content (AvgIpc) is 2.71. The topological polar surface area (TPSA) is 37.1 Å². The Labute approximate surface area is 91.9 Å². The molecule has 0 bridgehead atoms. The highest BCUT2D eigenvalue weighted by Crippen LogP contribution is 2.45. The third-order valence-electron chi connectivity index (χ3n) is 4.28.